The van der Waals surface area contributed by atoms with Gasteiger partial charge in [-0.05, 0) is 6.42 Å². The highest BCUT2D eigenvalue weighted by molar-refractivity contribution is 4.48. The Labute approximate surface area is 120 Å². The molecular formula is C16H35NO2. The topological polar surface area (TPSA) is 44.5 Å². The summed E-state index contributed by atoms with van der Waals surface area (Å²) in [6, 6.07) is 0. The van der Waals surface area contributed by atoms with Gasteiger partial charge in [0.1, 0.15) is 0 Å². The highest BCUT2D eigenvalue weighted by Gasteiger charge is 1.94. The monoisotopic (exact) mass is 273 g/mol. The van der Waals surface area contributed by atoms with Gasteiger partial charge in [0.25, 0.3) is 0 Å². The van der Waals surface area contributed by atoms with Gasteiger partial charge >= 0.3 is 0 Å². The highest BCUT2D eigenvalue weighted by atomic mass is 17.2. The molecule has 0 heterocycles. The van der Waals surface area contributed by atoms with Crippen LogP contribution in [0, 0.1) is 0 Å². The van der Waals surface area contributed by atoms with Crippen LogP contribution in [0.5, 0.6) is 0 Å². The predicted molar refractivity (Wildman–Crippen MR) is 82.0 cm³/mol. The van der Waals surface area contributed by atoms with E-state index in [0.29, 0.717) is 19.8 Å². The fourth-order valence-corrected chi connectivity index (χ4v) is 2.17. The zero-order valence-electron chi connectivity index (χ0n) is 13.0. The Hall–Kier alpha value is -0.120. The molecule has 0 radical (unpaired) electrons. The molecule has 0 fully saturated rings. The molecule has 116 valence electrons. The smallest absolute Gasteiger partial charge is 0.0944 e. The van der Waals surface area contributed by atoms with Crippen LogP contribution in [0.3, 0.4) is 0 Å². The Bertz CT molecular complexity index is 138. The van der Waals surface area contributed by atoms with E-state index in [1.54, 1.807) is 0 Å². The predicted octanol–water partition coefficient (Wildman–Crippen LogP) is 4.59. The SMILES string of the molecule is CCCCCCCCCCCCCCOOCCN. The van der Waals surface area contributed by atoms with Crippen LogP contribution in [-0.2, 0) is 9.78 Å². The summed E-state index contributed by atoms with van der Waals surface area (Å²) in [5.74, 6) is 0. The van der Waals surface area contributed by atoms with Gasteiger partial charge in [-0.1, -0.05) is 77.6 Å². The summed E-state index contributed by atoms with van der Waals surface area (Å²) >= 11 is 0. The van der Waals surface area contributed by atoms with Crippen molar-refractivity contribution >= 4 is 0 Å². The highest BCUT2D eigenvalue weighted by Crippen LogP contribution is 2.11. The van der Waals surface area contributed by atoms with Gasteiger partial charge < -0.3 is 5.73 Å². The fraction of sp³-hybridized carbons (Fsp3) is 1.00. The van der Waals surface area contributed by atoms with Gasteiger partial charge in [0.2, 0.25) is 0 Å². The maximum Gasteiger partial charge on any atom is 0.0944 e. The average Bonchev–Trinajstić information content (AvgIpc) is 2.43. The first-order valence-electron chi connectivity index (χ1n) is 8.36. The van der Waals surface area contributed by atoms with Crippen molar-refractivity contribution in [1.82, 2.24) is 0 Å². The molecule has 0 unspecified atom stereocenters. The third kappa shape index (κ3) is 17.9. The number of rotatable bonds is 16. The third-order valence-electron chi connectivity index (χ3n) is 3.37. The van der Waals surface area contributed by atoms with E-state index < -0.39 is 0 Å². The lowest BCUT2D eigenvalue weighted by Crippen LogP contribution is -2.09. The molecule has 0 aromatic rings. The van der Waals surface area contributed by atoms with Gasteiger partial charge in [0.15, 0.2) is 0 Å². The first-order valence-corrected chi connectivity index (χ1v) is 8.36. The minimum Gasteiger partial charge on any atom is -0.328 e. The van der Waals surface area contributed by atoms with Crippen molar-refractivity contribution in [3.8, 4) is 0 Å². The molecule has 3 nitrogen and oxygen atoms in total. The standard InChI is InChI=1S/C16H35NO2/c1-2-3-4-5-6-7-8-9-10-11-12-13-15-18-19-16-14-17/h2-17H2,1H3. The zero-order valence-corrected chi connectivity index (χ0v) is 13.0. The van der Waals surface area contributed by atoms with Crippen molar-refractivity contribution in [2.45, 2.75) is 84.0 Å². The Morgan fingerprint density at radius 1 is 0.579 bits per heavy atom. The first-order chi connectivity index (χ1) is 9.41. The molecule has 0 saturated carbocycles. The van der Waals surface area contributed by atoms with E-state index in [2.05, 4.69) is 6.92 Å². The van der Waals surface area contributed by atoms with Crippen LogP contribution in [-0.4, -0.2) is 19.8 Å². The van der Waals surface area contributed by atoms with Gasteiger partial charge in [0.05, 0.1) is 13.2 Å². The molecule has 0 spiro atoms. The number of unbranched alkanes of at least 4 members (excludes halogenated alkanes) is 11. The van der Waals surface area contributed by atoms with Crippen molar-refractivity contribution < 1.29 is 9.78 Å². The van der Waals surface area contributed by atoms with E-state index in [-0.39, 0.29) is 0 Å². The second kappa shape index (κ2) is 17.9. The Balaban J connectivity index is 2.88. The lowest BCUT2D eigenvalue weighted by molar-refractivity contribution is -0.292. The lowest BCUT2D eigenvalue weighted by atomic mass is 10.1. The number of hydrogen-bond donors (Lipinski definition) is 1. The van der Waals surface area contributed by atoms with E-state index in [0.717, 1.165) is 6.42 Å². The molecule has 19 heavy (non-hydrogen) atoms. The minimum atomic E-state index is 0.498. The molecular weight excluding hydrogens is 238 g/mol. The largest absolute Gasteiger partial charge is 0.328 e. The van der Waals surface area contributed by atoms with Crippen molar-refractivity contribution in [2.75, 3.05) is 19.8 Å². The van der Waals surface area contributed by atoms with Gasteiger partial charge in [-0.15, -0.1) is 0 Å². The van der Waals surface area contributed by atoms with E-state index >= 15 is 0 Å². The van der Waals surface area contributed by atoms with Crippen LogP contribution in [0.1, 0.15) is 84.0 Å². The maximum atomic E-state index is 5.28. The van der Waals surface area contributed by atoms with E-state index in [4.69, 9.17) is 15.5 Å². The summed E-state index contributed by atoms with van der Waals surface area (Å²) in [5.41, 5.74) is 5.28. The lowest BCUT2D eigenvalue weighted by Gasteiger charge is -2.03. The molecule has 0 aliphatic carbocycles. The van der Waals surface area contributed by atoms with Crippen LogP contribution in [0.2, 0.25) is 0 Å². The fourth-order valence-electron chi connectivity index (χ4n) is 2.17. The van der Waals surface area contributed by atoms with Crippen LogP contribution in [0.4, 0.5) is 0 Å². The van der Waals surface area contributed by atoms with E-state index in [1.807, 2.05) is 0 Å². The van der Waals surface area contributed by atoms with Crippen molar-refractivity contribution in [3.05, 3.63) is 0 Å². The molecule has 0 aliphatic rings. The molecule has 0 bridgehead atoms. The van der Waals surface area contributed by atoms with Crippen molar-refractivity contribution in [2.24, 2.45) is 5.73 Å². The summed E-state index contributed by atoms with van der Waals surface area (Å²) in [6.07, 6.45) is 16.4. The number of nitrogens with two attached hydrogens (primary N) is 1. The molecule has 0 aliphatic heterocycles. The van der Waals surface area contributed by atoms with Crippen LogP contribution < -0.4 is 5.73 Å². The second-order valence-corrected chi connectivity index (χ2v) is 5.32. The molecule has 0 aromatic carbocycles. The summed E-state index contributed by atoms with van der Waals surface area (Å²) in [4.78, 5) is 9.84. The Kier molecular flexibility index (Phi) is 17.8. The normalized spacial score (nSPS) is 11.1. The van der Waals surface area contributed by atoms with Crippen LogP contribution in [0.15, 0.2) is 0 Å². The average molecular weight is 273 g/mol. The molecule has 0 atom stereocenters. The molecule has 0 saturated heterocycles. The van der Waals surface area contributed by atoms with E-state index in [9.17, 15) is 0 Å². The Morgan fingerprint density at radius 2 is 1.00 bits per heavy atom. The minimum absolute atomic E-state index is 0.498. The van der Waals surface area contributed by atoms with Crippen LogP contribution in [0.25, 0.3) is 0 Å². The molecule has 3 heteroatoms. The first kappa shape index (κ1) is 18.9. The maximum absolute atomic E-state index is 5.28. The van der Waals surface area contributed by atoms with Gasteiger partial charge in [-0.3, -0.25) is 0 Å². The zero-order chi connectivity index (χ0) is 14.0. The number of hydrogen-bond acceptors (Lipinski definition) is 3. The molecule has 0 amide bonds. The molecule has 0 rings (SSSR count). The summed E-state index contributed by atoms with van der Waals surface area (Å²) in [7, 11) is 0. The van der Waals surface area contributed by atoms with Gasteiger partial charge in [0, 0.05) is 6.54 Å². The Morgan fingerprint density at radius 3 is 1.47 bits per heavy atom. The second-order valence-electron chi connectivity index (χ2n) is 5.32. The van der Waals surface area contributed by atoms with Gasteiger partial charge in [-0.25, -0.2) is 9.78 Å². The van der Waals surface area contributed by atoms with Crippen molar-refractivity contribution in [1.29, 1.82) is 0 Å². The summed E-state index contributed by atoms with van der Waals surface area (Å²) in [5, 5.41) is 0. The quantitative estimate of drug-likeness (QED) is 0.254. The molecule has 0 aromatic heterocycles. The van der Waals surface area contributed by atoms with E-state index in [1.165, 1.54) is 70.6 Å². The summed E-state index contributed by atoms with van der Waals surface area (Å²) < 4.78 is 0. The van der Waals surface area contributed by atoms with Gasteiger partial charge in [-0.2, -0.15) is 0 Å². The summed E-state index contributed by atoms with van der Waals surface area (Å²) in [6.45, 7) is 4.00. The van der Waals surface area contributed by atoms with Crippen molar-refractivity contribution in [3.63, 3.8) is 0 Å². The third-order valence-corrected chi connectivity index (χ3v) is 3.37. The molecule has 2 N–H and O–H groups in total. The van der Waals surface area contributed by atoms with Crippen LogP contribution >= 0.6 is 0 Å².